The van der Waals surface area contributed by atoms with E-state index in [4.69, 9.17) is 4.74 Å². The number of pyridine rings is 1. The number of nitrogens with zero attached hydrogens (tertiary/aromatic N) is 5. The van der Waals surface area contributed by atoms with Crippen LogP contribution in [0.4, 0.5) is 37.8 Å². The lowest BCUT2D eigenvalue weighted by Gasteiger charge is -2.39. The molecule has 44 heavy (non-hydrogen) atoms. The van der Waals surface area contributed by atoms with Crippen LogP contribution >= 0.6 is 0 Å². The lowest BCUT2D eigenvalue weighted by atomic mass is 9.91. The number of aromatic nitrogens is 3. The first-order chi connectivity index (χ1) is 20.5. The summed E-state index contributed by atoms with van der Waals surface area (Å²) in [7, 11) is 0. The summed E-state index contributed by atoms with van der Waals surface area (Å²) in [5.41, 5.74) is -5.05. The molecule has 2 aliphatic heterocycles. The molecule has 238 valence electrons. The third-order valence-electron chi connectivity index (χ3n) is 8.04. The zero-order valence-electron chi connectivity index (χ0n) is 24.5. The van der Waals surface area contributed by atoms with Crippen LogP contribution in [0.3, 0.4) is 0 Å². The summed E-state index contributed by atoms with van der Waals surface area (Å²) < 4.78 is 93.1. The SMILES string of the molecule is Cc1nnc(N[C@H](C)c2cccc(C(F)(F)C(C)(C)O)c2F)c2cc(N3CCN(C(=O)C4COC4)CC3)c(C(F)(F)F)nc12. The number of anilines is 2. The number of benzene rings is 1. The van der Waals surface area contributed by atoms with Gasteiger partial charge in [-0.15, -0.1) is 5.10 Å². The van der Waals surface area contributed by atoms with Crippen molar-refractivity contribution in [3.63, 3.8) is 0 Å². The highest BCUT2D eigenvalue weighted by atomic mass is 19.4. The van der Waals surface area contributed by atoms with E-state index in [-0.39, 0.29) is 71.7 Å². The molecular formula is C29H32F6N6O3. The number of amides is 1. The summed E-state index contributed by atoms with van der Waals surface area (Å²) in [4.78, 5) is 19.7. The lowest BCUT2D eigenvalue weighted by molar-refractivity contribution is -0.170. The maximum atomic E-state index is 15.4. The normalized spacial score (nSPS) is 17.5. The Labute approximate surface area is 249 Å². The van der Waals surface area contributed by atoms with Gasteiger partial charge in [-0.1, -0.05) is 12.1 Å². The summed E-state index contributed by atoms with van der Waals surface area (Å²) in [5, 5.41) is 21.0. The molecule has 9 nitrogen and oxygen atoms in total. The van der Waals surface area contributed by atoms with Gasteiger partial charge in [0.25, 0.3) is 0 Å². The standard InChI is InChI=1S/C29H32F6N6O3/c1-15(18-6-5-7-20(22(18)30)28(31,32)27(3,4)43)36-25-19-12-21(24(29(33,34)35)37-23(19)16(2)38-39-25)40-8-10-41(11-9-40)26(42)17-13-44-14-17/h5-7,12,15,17,43H,8-11,13-14H2,1-4H3,(H,36,39)/t15-/m1/s1. The second-order valence-corrected chi connectivity index (χ2v) is 11.6. The number of rotatable bonds is 7. The van der Waals surface area contributed by atoms with Crippen molar-refractivity contribution < 1.29 is 41.0 Å². The average Bonchev–Trinajstić information content (AvgIpc) is 2.92. The maximum Gasteiger partial charge on any atom is 0.435 e. The Kier molecular flexibility index (Phi) is 8.16. The molecular weight excluding hydrogens is 594 g/mol. The topological polar surface area (TPSA) is 104 Å². The van der Waals surface area contributed by atoms with E-state index in [2.05, 4.69) is 20.5 Å². The van der Waals surface area contributed by atoms with Gasteiger partial charge in [-0.05, 0) is 39.8 Å². The Morgan fingerprint density at radius 2 is 1.75 bits per heavy atom. The molecule has 0 unspecified atom stereocenters. The minimum Gasteiger partial charge on any atom is -0.384 e. The number of hydrogen-bond donors (Lipinski definition) is 2. The average molecular weight is 627 g/mol. The summed E-state index contributed by atoms with van der Waals surface area (Å²) in [6.07, 6.45) is -4.81. The number of carbonyl (C=O) groups excluding carboxylic acids is 1. The van der Waals surface area contributed by atoms with Crippen LogP contribution in [0, 0.1) is 18.7 Å². The number of halogens is 6. The number of fused-ring (bicyclic) bond motifs is 1. The van der Waals surface area contributed by atoms with E-state index in [1.54, 1.807) is 4.90 Å². The Balaban J connectivity index is 1.50. The first-order valence-electron chi connectivity index (χ1n) is 14.0. The molecule has 4 heterocycles. The van der Waals surface area contributed by atoms with Gasteiger partial charge in [0.2, 0.25) is 5.91 Å². The molecule has 2 N–H and O–H groups in total. The van der Waals surface area contributed by atoms with Crippen LogP contribution in [-0.2, 0) is 21.6 Å². The second kappa shape index (κ2) is 11.3. The molecule has 2 fully saturated rings. The van der Waals surface area contributed by atoms with Crippen LogP contribution in [0.15, 0.2) is 24.3 Å². The number of ether oxygens (including phenoxy) is 1. The van der Waals surface area contributed by atoms with Crippen LogP contribution < -0.4 is 10.2 Å². The number of alkyl halides is 5. The van der Waals surface area contributed by atoms with Crippen LogP contribution in [0.2, 0.25) is 0 Å². The number of nitrogens with one attached hydrogen (secondary N) is 1. The van der Waals surface area contributed by atoms with Gasteiger partial charge in [0, 0.05) is 37.1 Å². The van der Waals surface area contributed by atoms with E-state index in [1.807, 2.05) is 0 Å². The fourth-order valence-electron chi connectivity index (χ4n) is 5.28. The van der Waals surface area contributed by atoms with Crippen LogP contribution in [0.1, 0.15) is 49.3 Å². The molecule has 0 aliphatic carbocycles. The first-order valence-corrected chi connectivity index (χ1v) is 14.0. The van der Waals surface area contributed by atoms with Crippen molar-refractivity contribution in [1.82, 2.24) is 20.1 Å². The highest BCUT2D eigenvalue weighted by Gasteiger charge is 2.49. The van der Waals surface area contributed by atoms with Gasteiger partial charge in [-0.25, -0.2) is 9.37 Å². The third-order valence-corrected chi connectivity index (χ3v) is 8.04. The number of piperazine rings is 1. The quantitative estimate of drug-likeness (QED) is 0.360. The summed E-state index contributed by atoms with van der Waals surface area (Å²) in [6.45, 7) is 6.00. The summed E-state index contributed by atoms with van der Waals surface area (Å²) in [6, 6.07) is 3.68. The fraction of sp³-hybridized carbons (Fsp3) is 0.517. The molecule has 1 aromatic carbocycles. The molecule has 0 spiro atoms. The summed E-state index contributed by atoms with van der Waals surface area (Å²) >= 11 is 0. The minimum atomic E-state index is -4.81. The Morgan fingerprint density at radius 3 is 2.32 bits per heavy atom. The molecule has 1 amide bonds. The van der Waals surface area contributed by atoms with Gasteiger partial charge in [0.05, 0.1) is 47.6 Å². The Bertz CT molecular complexity index is 1570. The van der Waals surface area contributed by atoms with Crippen molar-refractivity contribution in [3.05, 3.63) is 52.6 Å². The van der Waals surface area contributed by atoms with Gasteiger partial charge >= 0.3 is 12.1 Å². The number of aliphatic hydroxyl groups is 1. The smallest absolute Gasteiger partial charge is 0.384 e. The van der Waals surface area contributed by atoms with Crippen LogP contribution in [0.5, 0.6) is 0 Å². The molecule has 2 saturated heterocycles. The molecule has 5 rings (SSSR count). The van der Waals surface area contributed by atoms with Gasteiger partial charge < -0.3 is 25.0 Å². The highest BCUT2D eigenvalue weighted by molar-refractivity contribution is 5.93. The molecule has 15 heteroatoms. The number of carbonyl (C=O) groups is 1. The predicted molar refractivity (Wildman–Crippen MR) is 149 cm³/mol. The van der Waals surface area contributed by atoms with Crippen molar-refractivity contribution >= 4 is 28.3 Å². The van der Waals surface area contributed by atoms with Crippen LogP contribution in [-0.4, -0.2) is 76.1 Å². The molecule has 2 aliphatic rings. The largest absolute Gasteiger partial charge is 0.435 e. The van der Waals surface area contributed by atoms with E-state index in [0.717, 1.165) is 19.9 Å². The summed E-state index contributed by atoms with van der Waals surface area (Å²) in [5.74, 6) is -5.53. The third kappa shape index (κ3) is 5.74. The van der Waals surface area contributed by atoms with Crippen molar-refractivity contribution in [1.29, 1.82) is 0 Å². The second-order valence-electron chi connectivity index (χ2n) is 11.6. The van der Waals surface area contributed by atoms with E-state index < -0.39 is 40.8 Å². The molecule has 0 saturated carbocycles. The Hall–Kier alpha value is -3.72. The Morgan fingerprint density at radius 1 is 1.09 bits per heavy atom. The highest BCUT2D eigenvalue weighted by Crippen LogP contribution is 2.42. The van der Waals surface area contributed by atoms with Gasteiger partial charge in [-0.2, -0.15) is 27.1 Å². The molecule has 0 radical (unpaired) electrons. The van der Waals surface area contributed by atoms with Gasteiger partial charge in [0.1, 0.15) is 11.4 Å². The van der Waals surface area contributed by atoms with Gasteiger partial charge in [0.15, 0.2) is 11.5 Å². The predicted octanol–water partition coefficient (Wildman–Crippen LogP) is 4.82. The molecule has 1 atom stereocenters. The zero-order chi connectivity index (χ0) is 32.2. The number of hydrogen-bond acceptors (Lipinski definition) is 8. The molecule has 3 aromatic rings. The lowest BCUT2D eigenvalue weighted by Crippen LogP contribution is -2.53. The minimum absolute atomic E-state index is 0.0292. The monoisotopic (exact) mass is 626 g/mol. The van der Waals surface area contributed by atoms with Crippen molar-refractivity contribution in [2.45, 2.75) is 51.4 Å². The van der Waals surface area contributed by atoms with Crippen LogP contribution in [0.25, 0.3) is 10.9 Å². The van der Waals surface area contributed by atoms with E-state index >= 15 is 4.39 Å². The first kappa shape index (κ1) is 31.7. The van der Waals surface area contributed by atoms with Gasteiger partial charge in [-0.3, -0.25) is 4.79 Å². The van der Waals surface area contributed by atoms with Crippen molar-refractivity contribution in [2.24, 2.45) is 5.92 Å². The van der Waals surface area contributed by atoms with Crippen molar-refractivity contribution in [3.8, 4) is 0 Å². The number of aryl methyl sites for hydroxylation is 1. The molecule has 0 bridgehead atoms. The zero-order valence-corrected chi connectivity index (χ0v) is 24.5. The van der Waals surface area contributed by atoms with E-state index in [1.165, 1.54) is 36.9 Å². The van der Waals surface area contributed by atoms with Crippen molar-refractivity contribution in [2.75, 3.05) is 49.6 Å². The van der Waals surface area contributed by atoms with E-state index in [9.17, 15) is 31.9 Å². The molecule has 2 aromatic heterocycles. The fourth-order valence-corrected chi connectivity index (χ4v) is 5.28. The van der Waals surface area contributed by atoms with E-state index in [0.29, 0.717) is 13.2 Å². The maximum absolute atomic E-state index is 15.4.